The summed E-state index contributed by atoms with van der Waals surface area (Å²) < 4.78 is 22.4. The Balaban J connectivity index is 1.72. The molecule has 2 aromatic rings. The number of methoxy groups -OCH3 is 1. The quantitative estimate of drug-likeness (QED) is 0.262. The van der Waals surface area contributed by atoms with Crippen LogP contribution in [-0.2, 0) is 14.3 Å². The standard InChI is InChI=1S/C30H38N2O7/c1-5-38-24-11-8-22(18-25(24)36-4)27-26(28(33)21-6-9-23(10-7-21)39-19-20(2)3)29(34)30(35)32(27)13-12-31-14-16-37-17-15-31/h6-11,18,20,27,33H,5,12-17,19H2,1-4H3/b28-26+. The molecule has 0 bridgehead atoms. The molecule has 1 unspecified atom stereocenters. The molecule has 2 aromatic carbocycles. The van der Waals surface area contributed by atoms with Crippen molar-refractivity contribution in [2.75, 3.05) is 59.7 Å². The predicted molar refractivity (Wildman–Crippen MR) is 147 cm³/mol. The topological polar surface area (TPSA) is 97.8 Å². The van der Waals surface area contributed by atoms with Gasteiger partial charge in [0.1, 0.15) is 11.5 Å². The molecule has 0 aromatic heterocycles. The number of likely N-dealkylation sites (tertiary alicyclic amines) is 1. The maximum absolute atomic E-state index is 13.4. The summed E-state index contributed by atoms with van der Waals surface area (Å²) >= 11 is 0. The number of hydrogen-bond donors (Lipinski definition) is 1. The Kier molecular flexibility index (Phi) is 9.48. The Labute approximate surface area is 229 Å². The molecule has 4 rings (SSSR count). The molecule has 1 amide bonds. The zero-order chi connectivity index (χ0) is 27.9. The van der Waals surface area contributed by atoms with Gasteiger partial charge in [0.25, 0.3) is 11.7 Å². The number of ketones is 1. The number of morpholine rings is 1. The van der Waals surface area contributed by atoms with E-state index in [1.54, 1.807) is 48.4 Å². The van der Waals surface area contributed by atoms with Crippen LogP contribution in [0.3, 0.4) is 0 Å². The number of ether oxygens (including phenoxy) is 4. The summed E-state index contributed by atoms with van der Waals surface area (Å²) in [5.41, 5.74) is 1.12. The average Bonchev–Trinajstić information content (AvgIpc) is 3.20. The number of benzene rings is 2. The fourth-order valence-corrected chi connectivity index (χ4v) is 4.79. The molecule has 2 saturated heterocycles. The zero-order valence-corrected chi connectivity index (χ0v) is 23.1. The van der Waals surface area contributed by atoms with Crippen molar-refractivity contribution in [2.45, 2.75) is 26.8 Å². The van der Waals surface area contributed by atoms with Gasteiger partial charge in [0.2, 0.25) is 0 Å². The number of carbonyl (C=O) groups excluding carboxylic acids is 2. The van der Waals surface area contributed by atoms with Crippen LogP contribution in [0.1, 0.15) is 37.9 Å². The van der Waals surface area contributed by atoms with Gasteiger partial charge in [-0.15, -0.1) is 0 Å². The van der Waals surface area contributed by atoms with E-state index in [9.17, 15) is 14.7 Å². The fourth-order valence-electron chi connectivity index (χ4n) is 4.79. The molecule has 0 aliphatic carbocycles. The van der Waals surface area contributed by atoms with Crippen LogP contribution in [0.15, 0.2) is 48.0 Å². The molecule has 210 valence electrons. The first-order chi connectivity index (χ1) is 18.8. The Hall–Kier alpha value is -3.56. The fraction of sp³-hybridized carbons (Fsp3) is 0.467. The lowest BCUT2D eigenvalue weighted by atomic mass is 9.95. The number of Topliss-reactive ketones (excluding diaryl/α,β-unsaturated/α-hetero) is 1. The number of aliphatic hydroxyl groups excluding tert-OH is 1. The highest BCUT2D eigenvalue weighted by atomic mass is 16.5. The molecule has 9 heteroatoms. The van der Waals surface area contributed by atoms with Crippen LogP contribution >= 0.6 is 0 Å². The summed E-state index contributed by atoms with van der Waals surface area (Å²) in [5, 5.41) is 11.4. The van der Waals surface area contributed by atoms with Crippen LogP contribution in [0.4, 0.5) is 0 Å². The van der Waals surface area contributed by atoms with Gasteiger partial charge in [-0.05, 0) is 54.8 Å². The summed E-state index contributed by atoms with van der Waals surface area (Å²) in [5.74, 6) is 0.505. The van der Waals surface area contributed by atoms with Crippen molar-refractivity contribution in [3.63, 3.8) is 0 Å². The van der Waals surface area contributed by atoms with E-state index in [-0.39, 0.29) is 11.3 Å². The molecule has 2 aliphatic heterocycles. The van der Waals surface area contributed by atoms with Crippen molar-refractivity contribution in [3.8, 4) is 17.2 Å². The molecule has 0 spiro atoms. The van der Waals surface area contributed by atoms with Crippen LogP contribution in [0.5, 0.6) is 17.2 Å². The van der Waals surface area contributed by atoms with Gasteiger partial charge in [-0.3, -0.25) is 14.5 Å². The van der Waals surface area contributed by atoms with Gasteiger partial charge in [0, 0.05) is 31.7 Å². The number of nitrogens with zero attached hydrogens (tertiary/aromatic N) is 2. The molecule has 2 aliphatic rings. The van der Waals surface area contributed by atoms with Crippen molar-refractivity contribution in [3.05, 3.63) is 59.2 Å². The summed E-state index contributed by atoms with van der Waals surface area (Å²) in [7, 11) is 1.54. The first kappa shape index (κ1) is 28.4. The Morgan fingerprint density at radius 2 is 1.74 bits per heavy atom. The van der Waals surface area contributed by atoms with E-state index < -0.39 is 17.7 Å². The number of carbonyl (C=O) groups is 2. The van der Waals surface area contributed by atoms with Crippen molar-refractivity contribution in [1.82, 2.24) is 9.80 Å². The maximum atomic E-state index is 13.4. The van der Waals surface area contributed by atoms with Crippen molar-refractivity contribution in [1.29, 1.82) is 0 Å². The van der Waals surface area contributed by atoms with Crippen LogP contribution < -0.4 is 14.2 Å². The first-order valence-electron chi connectivity index (χ1n) is 13.5. The van der Waals surface area contributed by atoms with Gasteiger partial charge in [-0.25, -0.2) is 0 Å². The minimum Gasteiger partial charge on any atom is -0.507 e. The lowest BCUT2D eigenvalue weighted by Gasteiger charge is -2.31. The molecule has 2 fully saturated rings. The van der Waals surface area contributed by atoms with Gasteiger partial charge in [-0.1, -0.05) is 19.9 Å². The monoisotopic (exact) mass is 538 g/mol. The molecule has 0 saturated carbocycles. The third-order valence-corrected chi connectivity index (χ3v) is 6.82. The molecule has 0 radical (unpaired) electrons. The van der Waals surface area contributed by atoms with Gasteiger partial charge >= 0.3 is 0 Å². The van der Waals surface area contributed by atoms with Gasteiger partial charge in [0.15, 0.2) is 11.5 Å². The van der Waals surface area contributed by atoms with E-state index in [0.717, 1.165) is 13.1 Å². The molecule has 1 N–H and O–H groups in total. The van der Waals surface area contributed by atoms with Crippen molar-refractivity contribution in [2.24, 2.45) is 5.92 Å². The Bertz CT molecular complexity index is 1190. The Morgan fingerprint density at radius 1 is 1.03 bits per heavy atom. The Morgan fingerprint density at radius 3 is 2.38 bits per heavy atom. The largest absolute Gasteiger partial charge is 0.507 e. The SMILES string of the molecule is CCOc1ccc(C2/C(=C(\O)c3ccc(OCC(C)C)cc3)C(=O)C(=O)N2CCN2CCOCC2)cc1OC. The van der Waals surface area contributed by atoms with E-state index in [2.05, 4.69) is 18.7 Å². The lowest BCUT2D eigenvalue weighted by molar-refractivity contribution is -0.140. The highest BCUT2D eigenvalue weighted by Crippen LogP contribution is 2.42. The third kappa shape index (κ3) is 6.54. The minimum atomic E-state index is -0.785. The molecule has 9 nitrogen and oxygen atoms in total. The molecule has 39 heavy (non-hydrogen) atoms. The highest BCUT2D eigenvalue weighted by molar-refractivity contribution is 6.46. The highest BCUT2D eigenvalue weighted by Gasteiger charge is 2.46. The van der Waals surface area contributed by atoms with E-state index in [4.69, 9.17) is 18.9 Å². The van der Waals surface area contributed by atoms with E-state index >= 15 is 0 Å². The second kappa shape index (κ2) is 13.0. The summed E-state index contributed by atoms with van der Waals surface area (Å²) in [6, 6.07) is 11.4. The zero-order valence-electron chi connectivity index (χ0n) is 23.1. The van der Waals surface area contributed by atoms with Gasteiger partial charge in [-0.2, -0.15) is 0 Å². The maximum Gasteiger partial charge on any atom is 0.295 e. The van der Waals surface area contributed by atoms with E-state index in [1.807, 2.05) is 13.0 Å². The summed E-state index contributed by atoms with van der Waals surface area (Å²) in [6.07, 6.45) is 0. The predicted octanol–water partition coefficient (Wildman–Crippen LogP) is 3.88. The normalized spacial score (nSPS) is 19.5. The molecule has 1 atom stereocenters. The second-order valence-corrected chi connectivity index (χ2v) is 10.0. The minimum absolute atomic E-state index is 0.0454. The number of amides is 1. The van der Waals surface area contributed by atoms with E-state index in [0.29, 0.717) is 73.8 Å². The van der Waals surface area contributed by atoms with Crippen molar-refractivity contribution >= 4 is 17.4 Å². The second-order valence-electron chi connectivity index (χ2n) is 10.0. The van der Waals surface area contributed by atoms with Crippen LogP contribution in [0.2, 0.25) is 0 Å². The van der Waals surface area contributed by atoms with Crippen LogP contribution in [-0.4, -0.2) is 86.3 Å². The van der Waals surface area contributed by atoms with Gasteiger partial charge < -0.3 is 29.0 Å². The van der Waals surface area contributed by atoms with Crippen molar-refractivity contribution < 1.29 is 33.6 Å². The smallest absolute Gasteiger partial charge is 0.295 e. The molecular weight excluding hydrogens is 500 g/mol. The van der Waals surface area contributed by atoms with Crippen LogP contribution in [0.25, 0.3) is 5.76 Å². The van der Waals surface area contributed by atoms with E-state index in [1.165, 1.54) is 0 Å². The summed E-state index contributed by atoms with van der Waals surface area (Å²) in [6.45, 7) is 10.7. The third-order valence-electron chi connectivity index (χ3n) is 6.82. The average molecular weight is 539 g/mol. The van der Waals surface area contributed by atoms with Gasteiger partial charge in [0.05, 0.1) is 45.2 Å². The molecular formula is C30H38N2O7. The number of hydrogen-bond acceptors (Lipinski definition) is 8. The molecule has 2 heterocycles. The summed E-state index contributed by atoms with van der Waals surface area (Å²) in [4.78, 5) is 30.5. The van der Waals surface area contributed by atoms with Crippen LogP contribution in [0, 0.1) is 5.92 Å². The first-order valence-corrected chi connectivity index (χ1v) is 13.5. The number of rotatable bonds is 11. The number of aliphatic hydroxyl groups is 1. The lowest BCUT2D eigenvalue weighted by Crippen LogP contribution is -2.42.